The first kappa shape index (κ1) is 11.9. The second-order valence-electron chi connectivity index (χ2n) is 5.69. The summed E-state index contributed by atoms with van der Waals surface area (Å²) in [7, 11) is 0. The number of phenolic OH excluding ortho intramolecular Hbond substituents is 1. The Labute approximate surface area is 116 Å². The van der Waals surface area contributed by atoms with E-state index < -0.39 is 0 Å². The maximum atomic E-state index is 9.97. The van der Waals surface area contributed by atoms with E-state index in [0.29, 0.717) is 23.4 Å². The van der Waals surface area contributed by atoms with Crippen LogP contribution in [0.3, 0.4) is 0 Å². The lowest BCUT2D eigenvalue weighted by Crippen LogP contribution is -2.15. The van der Waals surface area contributed by atoms with Gasteiger partial charge in [0, 0.05) is 0 Å². The number of aromatic nitrogens is 2. The van der Waals surface area contributed by atoms with E-state index >= 15 is 0 Å². The van der Waals surface area contributed by atoms with Crippen molar-refractivity contribution in [1.82, 2.24) is 10.1 Å². The Morgan fingerprint density at radius 1 is 1.30 bits per heavy atom. The largest absolute Gasteiger partial charge is 0.507 e. The van der Waals surface area contributed by atoms with Gasteiger partial charge in [-0.3, -0.25) is 0 Å². The van der Waals surface area contributed by atoms with Crippen LogP contribution in [0.1, 0.15) is 36.6 Å². The summed E-state index contributed by atoms with van der Waals surface area (Å²) in [5, 5.41) is 14.1. The smallest absolute Gasteiger partial charge is 0.261 e. The van der Waals surface area contributed by atoms with Crippen LogP contribution in [0.5, 0.6) is 5.75 Å². The zero-order chi connectivity index (χ0) is 13.7. The first-order valence-electron chi connectivity index (χ1n) is 7.00. The Kier molecular flexibility index (Phi) is 2.57. The molecule has 0 spiro atoms. The minimum atomic E-state index is 0.171. The van der Waals surface area contributed by atoms with Crippen LogP contribution in [0, 0.1) is 6.92 Å². The minimum Gasteiger partial charge on any atom is -0.507 e. The van der Waals surface area contributed by atoms with E-state index in [-0.39, 0.29) is 17.8 Å². The van der Waals surface area contributed by atoms with Gasteiger partial charge in [0.05, 0.1) is 23.7 Å². The fraction of sp³-hybridized carbons (Fsp3) is 0.467. The van der Waals surface area contributed by atoms with E-state index in [1.807, 2.05) is 13.0 Å². The number of aryl methyl sites for hydroxylation is 1. The summed E-state index contributed by atoms with van der Waals surface area (Å²) >= 11 is 0. The molecule has 1 N–H and O–H groups in total. The average molecular weight is 272 g/mol. The van der Waals surface area contributed by atoms with Crippen LogP contribution in [-0.2, 0) is 4.74 Å². The number of fused-ring (bicyclic) bond motifs is 2. The number of phenols is 1. The van der Waals surface area contributed by atoms with Crippen LogP contribution in [-0.4, -0.2) is 27.5 Å². The second kappa shape index (κ2) is 4.31. The van der Waals surface area contributed by atoms with Gasteiger partial charge in [-0.15, -0.1) is 0 Å². The molecule has 5 nitrogen and oxygen atoms in total. The molecule has 3 atom stereocenters. The lowest BCUT2D eigenvalue weighted by Gasteiger charge is -2.13. The molecule has 2 aromatic rings. The average Bonchev–Trinajstić information content (AvgIpc) is 3.14. The van der Waals surface area contributed by atoms with Gasteiger partial charge >= 0.3 is 0 Å². The molecule has 3 heterocycles. The molecule has 0 amide bonds. The zero-order valence-corrected chi connectivity index (χ0v) is 11.2. The van der Waals surface area contributed by atoms with Gasteiger partial charge in [0.25, 0.3) is 5.89 Å². The van der Waals surface area contributed by atoms with Gasteiger partial charge in [-0.1, -0.05) is 11.2 Å². The highest BCUT2D eigenvalue weighted by Crippen LogP contribution is 2.44. The number of rotatable bonds is 2. The molecule has 3 unspecified atom stereocenters. The van der Waals surface area contributed by atoms with Gasteiger partial charge in [-0.05, 0) is 43.9 Å². The van der Waals surface area contributed by atoms with E-state index in [9.17, 15) is 5.11 Å². The molecular weight excluding hydrogens is 256 g/mol. The normalized spacial score (nSPS) is 28.1. The van der Waals surface area contributed by atoms with Gasteiger partial charge in [-0.25, -0.2) is 0 Å². The fourth-order valence-corrected chi connectivity index (χ4v) is 3.23. The molecule has 2 fully saturated rings. The van der Waals surface area contributed by atoms with E-state index in [1.54, 1.807) is 12.1 Å². The van der Waals surface area contributed by atoms with Crippen molar-refractivity contribution in [2.45, 2.75) is 44.3 Å². The standard InChI is InChI=1S/C15H16N2O3/c1-8-2-4-10(12(18)6-8)15-16-14(17-20-15)11-7-9-3-5-13(11)19-9/h2,4,6,9,11,13,18H,3,5,7H2,1H3. The van der Waals surface area contributed by atoms with Crippen molar-refractivity contribution in [3.8, 4) is 17.2 Å². The summed E-state index contributed by atoms with van der Waals surface area (Å²) in [6.07, 6.45) is 3.79. The summed E-state index contributed by atoms with van der Waals surface area (Å²) in [6, 6.07) is 5.42. The Bertz CT molecular complexity index is 652. The summed E-state index contributed by atoms with van der Waals surface area (Å²) in [5.74, 6) is 1.48. The third kappa shape index (κ3) is 1.81. The van der Waals surface area contributed by atoms with Crippen molar-refractivity contribution < 1.29 is 14.4 Å². The highest BCUT2D eigenvalue weighted by atomic mass is 16.5. The topological polar surface area (TPSA) is 68.4 Å². The molecular formula is C15H16N2O3. The van der Waals surface area contributed by atoms with Crippen LogP contribution in [0.15, 0.2) is 22.7 Å². The van der Waals surface area contributed by atoms with Crippen molar-refractivity contribution in [2.24, 2.45) is 0 Å². The van der Waals surface area contributed by atoms with Crippen LogP contribution in [0.25, 0.3) is 11.5 Å². The molecule has 0 aliphatic carbocycles. The van der Waals surface area contributed by atoms with Gasteiger partial charge < -0.3 is 14.4 Å². The maximum Gasteiger partial charge on any atom is 0.261 e. The Balaban J connectivity index is 1.65. The third-order valence-electron chi connectivity index (χ3n) is 4.26. The minimum absolute atomic E-state index is 0.171. The van der Waals surface area contributed by atoms with Crippen molar-refractivity contribution in [1.29, 1.82) is 0 Å². The highest BCUT2D eigenvalue weighted by Gasteiger charge is 2.43. The van der Waals surface area contributed by atoms with Crippen LogP contribution in [0.4, 0.5) is 0 Å². The van der Waals surface area contributed by atoms with Crippen LogP contribution in [0.2, 0.25) is 0 Å². The van der Waals surface area contributed by atoms with Gasteiger partial charge in [-0.2, -0.15) is 4.98 Å². The molecule has 1 aromatic heterocycles. The lowest BCUT2D eigenvalue weighted by molar-refractivity contribution is 0.0996. The van der Waals surface area contributed by atoms with Crippen molar-refractivity contribution in [2.75, 3.05) is 0 Å². The number of hydrogen-bond acceptors (Lipinski definition) is 5. The SMILES string of the molecule is Cc1ccc(-c2nc(C3CC4CCC3O4)no2)c(O)c1. The summed E-state index contributed by atoms with van der Waals surface area (Å²) in [4.78, 5) is 4.45. The predicted molar refractivity (Wildman–Crippen MR) is 71.4 cm³/mol. The Morgan fingerprint density at radius 3 is 2.90 bits per heavy atom. The van der Waals surface area contributed by atoms with E-state index in [0.717, 1.165) is 24.8 Å². The molecule has 2 bridgehead atoms. The van der Waals surface area contributed by atoms with E-state index in [2.05, 4.69) is 10.1 Å². The van der Waals surface area contributed by atoms with Crippen molar-refractivity contribution in [3.63, 3.8) is 0 Å². The fourth-order valence-electron chi connectivity index (χ4n) is 3.23. The molecule has 2 aliphatic heterocycles. The van der Waals surface area contributed by atoms with Gasteiger partial charge in [0.15, 0.2) is 5.82 Å². The Morgan fingerprint density at radius 2 is 2.20 bits per heavy atom. The van der Waals surface area contributed by atoms with Gasteiger partial charge in [0.1, 0.15) is 5.75 Å². The van der Waals surface area contributed by atoms with Crippen LogP contribution >= 0.6 is 0 Å². The highest BCUT2D eigenvalue weighted by molar-refractivity contribution is 5.62. The van der Waals surface area contributed by atoms with Crippen molar-refractivity contribution >= 4 is 0 Å². The van der Waals surface area contributed by atoms with Crippen LogP contribution < -0.4 is 0 Å². The molecule has 1 aromatic carbocycles. The molecule has 5 heteroatoms. The molecule has 0 radical (unpaired) electrons. The molecule has 0 saturated carbocycles. The predicted octanol–water partition coefficient (Wildman–Crippen LogP) is 2.79. The van der Waals surface area contributed by atoms with E-state index in [1.165, 1.54) is 0 Å². The van der Waals surface area contributed by atoms with Gasteiger partial charge in [0.2, 0.25) is 0 Å². The Hall–Kier alpha value is -1.88. The molecule has 104 valence electrons. The monoisotopic (exact) mass is 272 g/mol. The summed E-state index contributed by atoms with van der Waals surface area (Å²) in [6.45, 7) is 1.93. The van der Waals surface area contributed by atoms with Crippen molar-refractivity contribution in [3.05, 3.63) is 29.6 Å². The lowest BCUT2D eigenvalue weighted by atomic mass is 9.89. The quantitative estimate of drug-likeness (QED) is 0.910. The second-order valence-corrected chi connectivity index (χ2v) is 5.69. The third-order valence-corrected chi connectivity index (χ3v) is 4.26. The maximum absolute atomic E-state index is 9.97. The summed E-state index contributed by atoms with van der Waals surface area (Å²) in [5.41, 5.74) is 1.57. The molecule has 20 heavy (non-hydrogen) atoms. The number of nitrogens with zero attached hydrogens (tertiary/aromatic N) is 2. The number of aromatic hydroxyl groups is 1. The summed E-state index contributed by atoms with van der Waals surface area (Å²) < 4.78 is 11.1. The van der Waals surface area contributed by atoms with E-state index in [4.69, 9.17) is 9.26 Å². The first-order valence-corrected chi connectivity index (χ1v) is 7.00. The number of hydrogen-bond donors (Lipinski definition) is 1. The first-order chi connectivity index (χ1) is 9.70. The molecule has 2 saturated heterocycles. The molecule has 4 rings (SSSR count). The number of benzene rings is 1. The zero-order valence-electron chi connectivity index (χ0n) is 11.2. The molecule has 2 aliphatic rings. The number of ether oxygens (including phenoxy) is 1.